The second-order valence-electron chi connectivity index (χ2n) is 11.2. The van der Waals surface area contributed by atoms with Crippen LogP contribution < -0.4 is 9.47 Å². The van der Waals surface area contributed by atoms with Gasteiger partial charge in [-0.3, -0.25) is 0 Å². The van der Waals surface area contributed by atoms with Crippen LogP contribution in [0.2, 0.25) is 0 Å². The molecule has 0 spiro atoms. The predicted octanol–water partition coefficient (Wildman–Crippen LogP) is 6.45. The molecule has 206 valence electrons. The Morgan fingerprint density at radius 2 is 1.92 bits per heavy atom. The molecule has 0 aliphatic carbocycles. The van der Waals surface area contributed by atoms with Crippen molar-refractivity contribution in [2.45, 2.75) is 64.1 Å². The Kier molecular flexibility index (Phi) is 6.65. The highest BCUT2D eigenvalue weighted by molar-refractivity contribution is 7.18. The molecule has 2 aromatic heterocycles. The SMILES string of the molecule is CC(C)(C)OC(=O)N1CCC(O)(Oc2ccc(Oc3csc4c3ccc3c4cnn3[C@@H]3CCCCO3)cc2)C1. The lowest BCUT2D eigenvalue weighted by Gasteiger charge is -2.27. The number of hydrogen-bond donors (Lipinski definition) is 1. The number of hydrogen-bond acceptors (Lipinski definition) is 8. The van der Waals surface area contributed by atoms with E-state index in [1.807, 2.05) is 37.0 Å². The molecule has 0 radical (unpaired) electrons. The Morgan fingerprint density at radius 3 is 2.67 bits per heavy atom. The van der Waals surface area contributed by atoms with Gasteiger partial charge >= 0.3 is 6.09 Å². The summed E-state index contributed by atoms with van der Waals surface area (Å²) in [6.45, 7) is 6.62. The monoisotopic (exact) mass is 551 g/mol. The number of benzene rings is 2. The third-order valence-electron chi connectivity index (χ3n) is 6.93. The number of carbonyl (C=O) groups is 1. The van der Waals surface area contributed by atoms with Crippen molar-refractivity contribution in [2.75, 3.05) is 19.7 Å². The van der Waals surface area contributed by atoms with Crippen LogP contribution in [0.1, 0.15) is 52.7 Å². The lowest BCUT2D eigenvalue weighted by atomic mass is 10.1. The van der Waals surface area contributed by atoms with E-state index in [0.717, 1.165) is 52.6 Å². The van der Waals surface area contributed by atoms with Crippen molar-refractivity contribution in [2.24, 2.45) is 0 Å². The van der Waals surface area contributed by atoms with E-state index in [0.29, 0.717) is 24.5 Å². The highest BCUT2D eigenvalue weighted by Crippen LogP contribution is 2.40. The minimum atomic E-state index is -1.47. The van der Waals surface area contributed by atoms with E-state index in [9.17, 15) is 9.90 Å². The predicted molar refractivity (Wildman–Crippen MR) is 148 cm³/mol. The number of aliphatic hydroxyl groups is 1. The molecule has 1 amide bonds. The largest absolute Gasteiger partial charge is 0.461 e. The lowest BCUT2D eigenvalue weighted by Crippen LogP contribution is -2.42. The van der Waals surface area contributed by atoms with Gasteiger partial charge in [0.15, 0.2) is 6.23 Å². The fourth-order valence-corrected chi connectivity index (χ4v) is 6.05. The van der Waals surface area contributed by atoms with Gasteiger partial charge in [-0.25, -0.2) is 9.48 Å². The summed E-state index contributed by atoms with van der Waals surface area (Å²) in [6.07, 6.45) is 4.98. The van der Waals surface area contributed by atoms with E-state index in [2.05, 4.69) is 17.2 Å². The molecule has 2 saturated heterocycles. The number of thiophene rings is 1. The highest BCUT2D eigenvalue weighted by atomic mass is 32.1. The van der Waals surface area contributed by atoms with Gasteiger partial charge in [-0.15, -0.1) is 11.3 Å². The van der Waals surface area contributed by atoms with E-state index in [1.165, 1.54) is 4.90 Å². The molecular weight excluding hydrogens is 518 g/mol. The molecule has 2 aliphatic heterocycles. The van der Waals surface area contributed by atoms with Crippen LogP contribution in [0.25, 0.3) is 21.0 Å². The number of amides is 1. The maximum absolute atomic E-state index is 12.3. The number of rotatable bonds is 5. The fraction of sp³-hybridized carbons (Fsp3) is 0.448. The van der Waals surface area contributed by atoms with E-state index in [4.69, 9.17) is 18.9 Å². The molecule has 9 nitrogen and oxygen atoms in total. The van der Waals surface area contributed by atoms with E-state index in [1.54, 1.807) is 35.6 Å². The molecule has 4 heterocycles. The summed E-state index contributed by atoms with van der Waals surface area (Å²) in [5.74, 6) is 0.448. The smallest absolute Gasteiger partial charge is 0.410 e. The van der Waals surface area contributed by atoms with Crippen molar-refractivity contribution in [3.8, 4) is 17.2 Å². The van der Waals surface area contributed by atoms with Crippen LogP contribution in [0, 0.1) is 0 Å². The molecule has 4 aromatic rings. The van der Waals surface area contributed by atoms with E-state index >= 15 is 0 Å². The lowest BCUT2D eigenvalue weighted by molar-refractivity contribution is -0.125. The van der Waals surface area contributed by atoms with Crippen LogP contribution in [0.5, 0.6) is 17.2 Å². The first kappa shape index (κ1) is 25.9. The van der Waals surface area contributed by atoms with Crippen LogP contribution in [0.4, 0.5) is 4.79 Å². The molecule has 0 bridgehead atoms. The second kappa shape index (κ2) is 10.0. The third-order valence-corrected chi connectivity index (χ3v) is 7.94. The van der Waals surface area contributed by atoms with E-state index < -0.39 is 17.5 Å². The summed E-state index contributed by atoms with van der Waals surface area (Å²) in [4.78, 5) is 13.8. The minimum Gasteiger partial charge on any atom is -0.461 e. The average Bonchev–Trinajstić information content (AvgIpc) is 3.62. The molecular formula is C29H33N3O6S. The highest BCUT2D eigenvalue weighted by Gasteiger charge is 2.42. The van der Waals surface area contributed by atoms with Gasteiger partial charge in [0, 0.05) is 40.4 Å². The molecule has 10 heteroatoms. The second-order valence-corrected chi connectivity index (χ2v) is 12.0. The van der Waals surface area contributed by atoms with Crippen LogP contribution in [0.3, 0.4) is 0 Å². The maximum atomic E-state index is 12.3. The van der Waals surface area contributed by atoms with Crippen LogP contribution in [-0.2, 0) is 9.47 Å². The number of fused-ring (bicyclic) bond motifs is 3. The van der Waals surface area contributed by atoms with Crippen LogP contribution in [-0.4, -0.2) is 57.0 Å². The van der Waals surface area contributed by atoms with Gasteiger partial charge < -0.3 is 29.0 Å². The fourth-order valence-electron chi connectivity index (χ4n) is 5.07. The van der Waals surface area contributed by atoms with Gasteiger partial charge in [-0.2, -0.15) is 5.10 Å². The van der Waals surface area contributed by atoms with Crippen molar-refractivity contribution < 1.29 is 28.8 Å². The van der Waals surface area contributed by atoms with Gasteiger partial charge in [0.1, 0.15) is 22.8 Å². The van der Waals surface area contributed by atoms with E-state index in [-0.39, 0.29) is 12.8 Å². The zero-order valence-electron chi connectivity index (χ0n) is 22.4. The normalized spacial score (nSPS) is 21.9. The van der Waals surface area contributed by atoms with Gasteiger partial charge in [-0.1, -0.05) is 0 Å². The minimum absolute atomic E-state index is 0.00667. The first-order chi connectivity index (χ1) is 18.7. The number of β-amino-alcohol motifs (C(OH)–C–C–N with tert-alkyl or cyclic N) is 1. The van der Waals surface area contributed by atoms with Crippen LogP contribution >= 0.6 is 11.3 Å². The van der Waals surface area contributed by atoms with Crippen molar-refractivity contribution in [3.05, 3.63) is 48.0 Å². The first-order valence-corrected chi connectivity index (χ1v) is 14.2. The van der Waals surface area contributed by atoms with Gasteiger partial charge in [0.2, 0.25) is 5.79 Å². The van der Waals surface area contributed by atoms with Crippen LogP contribution in [0.15, 0.2) is 48.0 Å². The topological polar surface area (TPSA) is 95.3 Å². The van der Waals surface area contributed by atoms with Gasteiger partial charge in [0.25, 0.3) is 0 Å². The molecule has 2 aliphatic rings. The number of nitrogens with zero attached hydrogens (tertiary/aromatic N) is 3. The Labute approximate surface area is 230 Å². The molecule has 1 N–H and O–H groups in total. The molecule has 2 atom stereocenters. The third kappa shape index (κ3) is 5.41. The zero-order chi connectivity index (χ0) is 27.2. The molecule has 6 rings (SSSR count). The Morgan fingerprint density at radius 1 is 1.13 bits per heavy atom. The number of carbonyl (C=O) groups excluding carboxylic acids is 1. The zero-order valence-corrected chi connectivity index (χ0v) is 23.2. The Hall–Kier alpha value is -3.34. The summed E-state index contributed by atoms with van der Waals surface area (Å²) in [5, 5.41) is 19.7. The van der Waals surface area contributed by atoms with Gasteiger partial charge in [0.05, 0.1) is 18.3 Å². The van der Waals surface area contributed by atoms with Crippen molar-refractivity contribution >= 4 is 38.4 Å². The summed E-state index contributed by atoms with van der Waals surface area (Å²) < 4.78 is 26.6. The van der Waals surface area contributed by atoms with Crippen molar-refractivity contribution in [1.29, 1.82) is 0 Å². The standard InChI is InChI=1S/C29H33N3O6S/c1-28(2,3)38-27(33)31-14-13-29(34,18-31)37-20-9-7-19(8-10-20)36-24-17-39-26-21(24)11-12-23-22(26)16-30-32(23)25-6-4-5-15-35-25/h7-12,16-17,25,34H,4-6,13-15,18H2,1-3H3/t25-,29?/m0/s1. The summed E-state index contributed by atoms with van der Waals surface area (Å²) >= 11 is 1.63. The summed E-state index contributed by atoms with van der Waals surface area (Å²) in [6, 6.07) is 11.3. The number of ether oxygens (including phenoxy) is 4. The molecule has 1 unspecified atom stereocenters. The molecule has 2 aromatic carbocycles. The summed E-state index contributed by atoms with van der Waals surface area (Å²) in [5.41, 5.74) is 0.472. The van der Waals surface area contributed by atoms with Crippen molar-refractivity contribution in [3.63, 3.8) is 0 Å². The Balaban J connectivity index is 1.13. The maximum Gasteiger partial charge on any atom is 0.410 e. The number of likely N-dealkylation sites (tertiary alicyclic amines) is 1. The number of aromatic nitrogens is 2. The van der Waals surface area contributed by atoms with Crippen molar-refractivity contribution in [1.82, 2.24) is 14.7 Å². The molecule has 0 saturated carbocycles. The Bertz CT molecular complexity index is 1480. The molecule has 2 fully saturated rings. The molecule has 39 heavy (non-hydrogen) atoms. The quantitative estimate of drug-likeness (QED) is 0.285. The average molecular weight is 552 g/mol. The van der Waals surface area contributed by atoms with Gasteiger partial charge in [-0.05, 0) is 76.4 Å². The summed E-state index contributed by atoms with van der Waals surface area (Å²) in [7, 11) is 0. The first-order valence-electron chi connectivity index (χ1n) is 13.3.